The smallest absolute Gasteiger partial charge is 0.446 e. The van der Waals surface area contributed by atoms with Crippen molar-refractivity contribution in [2.75, 3.05) is 4.72 Å². The number of benzene rings is 2. The lowest BCUT2D eigenvalue weighted by Crippen LogP contribution is -2.23. The van der Waals surface area contributed by atoms with Crippen LogP contribution in [0.4, 0.5) is 19.0 Å². The number of aromatic nitrogens is 3. The fourth-order valence-corrected chi connectivity index (χ4v) is 4.81. The number of nitrogens with zero attached hydrogens (tertiary/aromatic N) is 3. The van der Waals surface area contributed by atoms with Crippen LogP contribution in [0.3, 0.4) is 0 Å². The van der Waals surface area contributed by atoms with E-state index in [1.54, 1.807) is 24.3 Å². The summed E-state index contributed by atoms with van der Waals surface area (Å²) >= 11 is -0.286. The molecule has 0 spiro atoms. The van der Waals surface area contributed by atoms with Crippen molar-refractivity contribution in [3.63, 3.8) is 0 Å². The van der Waals surface area contributed by atoms with E-state index in [2.05, 4.69) is 9.71 Å². The topological polar surface area (TPSA) is 106 Å². The molecule has 8 nitrogen and oxygen atoms in total. The Balaban J connectivity index is 1.55. The molecule has 2 N–H and O–H groups in total. The number of rotatable bonds is 7. The summed E-state index contributed by atoms with van der Waals surface area (Å²) in [6.45, 7) is -0.0238. The minimum Gasteiger partial charge on any atom is -0.493 e. The summed E-state index contributed by atoms with van der Waals surface area (Å²) in [4.78, 5) is 16.9. The Morgan fingerprint density at radius 3 is 2.37 bits per heavy atom. The molecule has 0 amide bonds. The van der Waals surface area contributed by atoms with Crippen molar-refractivity contribution in [2.24, 2.45) is 0 Å². The second kappa shape index (κ2) is 9.50. The molecular weight excluding hydrogens is 505 g/mol. The molecule has 0 fully saturated rings. The van der Waals surface area contributed by atoms with Gasteiger partial charge in [0.05, 0.1) is 23.3 Å². The molecule has 0 bridgehead atoms. The average Bonchev–Trinajstić information content (AvgIpc) is 3.06. The number of sulfonamides is 1. The minimum atomic E-state index is -4.44. The highest BCUT2D eigenvalue weighted by molar-refractivity contribution is 8.00. The lowest BCUT2D eigenvalue weighted by molar-refractivity contribution is -0.0328. The van der Waals surface area contributed by atoms with E-state index in [1.807, 2.05) is 0 Å². The van der Waals surface area contributed by atoms with Gasteiger partial charge in [-0.15, -0.1) is 0 Å². The van der Waals surface area contributed by atoms with Gasteiger partial charge in [0.25, 0.3) is 10.0 Å². The zero-order chi connectivity index (χ0) is 25.2. The quantitative estimate of drug-likeness (QED) is 0.353. The molecule has 2 aromatic carbocycles. The molecule has 0 aliphatic heterocycles. The van der Waals surface area contributed by atoms with Crippen LogP contribution >= 0.6 is 11.8 Å². The maximum absolute atomic E-state index is 12.9. The second-order valence-corrected chi connectivity index (χ2v) is 10.1. The van der Waals surface area contributed by atoms with Crippen molar-refractivity contribution >= 4 is 27.6 Å². The highest BCUT2D eigenvalue weighted by Gasteiger charge is 2.29. The monoisotopic (exact) mass is 522 g/mol. The summed E-state index contributed by atoms with van der Waals surface area (Å²) in [5, 5.41) is 10.3. The van der Waals surface area contributed by atoms with E-state index < -0.39 is 27.1 Å². The van der Waals surface area contributed by atoms with Gasteiger partial charge in [-0.05, 0) is 65.9 Å². The average molecular weight is 523 g/mol. The van der Waals surface area contributed by atoms with Gasteiger partial charge in [0.2, 0.25) is 5.88 Å². The van der Waals surface area contributed by atoms with Crippen LogP contribution in [0, 0.1) is 0 Å². The third-order valence-corrected chi connectivity index (χ3v) is 6.85. The molecule has 0 unspecified atom stereocenters. The molecule has 0 saturated heterocycles. The summed E-state index contributed by atoms with van der Waals surface area (Å²) in [6.07, 6.45) is 2.55. The van der Waals surface area contributed by atoms with Gasteiger partial charge in [-0.25, -0.2) is 22.8 Å². The molecule has 0 aliphatic rings. The van der Waals surface area contributed by atoms with Gasteiger partial charge in [0, 0.05) is 11.1 Å². The number of hydrogen-bond acceptors (Lipinski definition) is 6. The number of imidazole rings is 1. The van der Waals surface area contributed by atoms with Crippen molar-refractivity contribution in [1.82, 2.24) is 14.1 Å². The molecule has 2 aromatic heterocycles. The summed E-state index contributed by atoms with van der Waals surface area (Å²) < 4.78 is 67.1. The van der Waals surface area contributed by atoms with Gasteiger partial charge < -0.3 is 5.11 Å². The first-order valence-corrected chi connectivity index (χ1v) is 12.2. The zero-order valence-electron chi connectivity index (χ0n) is 17.7. The third-order valence-electron chi connectivity index (χ3n) is 4.74. The standard InChI is InChI=1S/C22H17F3N4O4S2/c23-22(24,25)34-17-8-6-16(7-9-17)29-20(30)14-28(21(29)31)13-15-10-11-26-19(12-15)27-35(32,33)18-4-2-1-3-5-18/h1-12,14,30H,13H2,(H,26,27). The molecule has 13 heteroatoms. The van der Waals surface area contributed by atoms with Crippen molar-refractivity contribution in [2.45, 2.75) is 21.8 Å². The van der Waals surface area contributed by atoms with Crippen molar-refractivity contribution in [3.8, 4) is 11.6 Å². The summed E-state index contributed by atoms with van der Waals surface area (Å²) in [5.74, 6) is -0.369. The van der Waals surface area contributed by atoms with Crippen LogP contribution in [0.2, 0.25) is 0 Å². The van der Waals surface area contributed by atoms with Gasteiger partial charge in [-0.3, -0.25) is 9.29 Å². The SMILES string of the molecule is O=c1n(Cc2ccnc(NS(=O)(=O)c3ccccc3)c2)cc(O)n1-c1ccc(SC(F)(F)F)cc1. The van der Waals surface area contributed by atoms with E-state index in [9.17, 15) is 31.5 Å². The first-order chi connectivity index (χ1) is 16.5. The summed E-state index contributed by atoms with van der Waals surface area (Å²) in [6, 6.07) is 15.7. The fraction of sp³-hybridized carbons (Fsp3) is 0.0909. The first kappa shape index (κ1) is 24.4. The van der Waals surface area contributed by atoms with Crippen LogP contribution in [0.1, 0.15) is 5.56 Å². The largest absolute Gasteiger partial charge is 0.493 e. The predicted octanol–water partition coefficient (Wildman–Crippen LogP) is 4.20. The van der Waals surface area contributed by atoms with Gasteiger partial charge in [0.1, 0.15) is 5.82 Å². The van der Waals surface area contributed by atoms with Crippen LogP contribution in [-0.2, 0) is 16.6 Å². The van der Waals surface area contributed by atoms with E-state index >= 15 is 0 Å². The van der Waals surface area contributed by atoms with Gasteiger partial charge in [-0.1, -0.05) is 18.2 Å². The third kappa shape index (κ3) is 5.87. The van der Waals surface area contributed by atoms with Crippen LogP contribution in [0.5, 0.6) is 5.88 Å². The Bertz CT molecular complexity index is 1500. The van der Waals surface area contributed by atoms with E-state index in [4.69, 9.17) is 0 Å². The molecular formula is C22H17F3N4O4S2. The predicted molar refractivity (Wildman–Crippen MR) is 124 cm³/mol. The highest BCUT2D eigenvalue weighted by atomic mass is 32.2. The maximum Gasteiger partial charge on any atom is 0.446 e. The number of alkyl halides is 3. The second-order valence-electron chi connectivity index (χ2n) is 7.24. The molecule has 4 aromatic rings. The van der Waals surface area contributed by atoms with Gasteiger partial charge in [-0.2, -0.15) is 13.2 Å². The van der Waals surface area contributed by atoms with Crippen LogP contribution in [-0.4, -0.2) is 33.2 Å². The molecule has 0 saturated carbocycles. The zero-order valence-corrected chi connectivity index (χ0v) is 19.3. The molecule has 4 rings (SSSR count). The normalized spacial score (nSPS) is 12.0. The molecule has 35 heavy (non-hydrogen) atoms. The molecule has 2 heterocycles. The molecule has 182 valence electrons. The number of anilines is 1. The Morgan fingerprint density at radius 1 is 1.03 bits per heavy atom. The van der Waals surface area contributed by atoms with Crippen molar-refractivity contribution < 1.29 is 26.7 Å². The van der Waals surface area contributed by atoms with E-state index in [0.29, 0.717) is 5.56 Å². The van der Waals surface area contributed by atoms with E-state index in [-0.39, 0.29) is 39.6 Å². The van der Waals surface area contributed by atoms with Gasteiger partial charge in [0.15, 0.2) is 0 Å². The van der Waals surface area contributed by atoms with Crippen LogP contribution < -0.4 is 10.4 Å². The maximum atomic E-state index is 12.9. The number of aromatic hydroxyl groups is 1. The van der Waals surface area contributed by atoms with Crippen molar-refractivity contribution in [1.29, 1.82) is 0 Å². The first-order valence-electron chi connectivity index (χ1n) is 9.92. The number of halogens is 3. The van der Waals surface area contributed by atoms with Crippen LogP contribution in [0.25, 0.3) is 5.69 Å². The number of hydrogen-bond donors (Lipinski definition) is 2. The van der Waals surface area contributed by atoms with E-state index in [0.717, 1.165) is 4.57 Å². The Labute approximate surface area is 201 Å². The Morgan fingerprint density at radius 2 is 1.71 bits per heavy atom. The lowest BCUT2D eigenvalue weighted by Gasteiger charge is -2.09. The Hall–Kier alpha value is -3.71. The lowest BCUT2D eigenvalue weighted by atomic mass is 10.2. The highest BCUT2D eigenvalue weighted by Crippen LogP contribution is 2.37. The Kier molecular flexibility index (Phi) is 6.63. The van der Waals surface area contributed by atoms with Gasteiger partial charge >= 0.3 is 11.2 Å². The molecule has 0 aliphatic carbocycles. The minimum absolute atomic E-state index is 0.0238. The number of pyridine rings is 1. The number of thioether (sulfide) groups is 1. The molecule has 0 atom stereocenters. The van der Waals surface area contributed by atoms with E-state index in [1.165, 1.54) is 59.4 Å². The summed E-state index contributed by atoms with van der Waals surface area (Å²) in [5.41, 5.74) is -4.38. The summed E-state index contributed by atoms with van der Waals surface area (Å²) in [7, 11) is -3.86. The fourth-order valence-electron chi connectivity index (χ4n) is 3.25. The van der Waals surface area contributed by atoms with Crippen LogP contribution in [0.15, 0.2) is 93.7 Å². The molecule has 0 radical (unpaired) electrons. The number of nitrogens with one attached hydrogen (secondary N) is 1. The van der Waals surface area contributed by atoms with Crippen molar-refractivity contribution in [3.05, 3.63) is 95.2 Å².